The smallest absolute Gasteiger partial charge is 0.123 e. The Balaban J connectivity index is 1.33. The number of nitrogens with zero attached hydrogens (tertiary/aromatic N) is 2. The minimum absolute atomic E-state index is 0.123. The lowest BCUT2D eigenvalue weighted by Crippen LogP contribution is -2.42. The van der Waals surface area contributed by atoms with Crippen LogP contribution in [0.4, 0.5) is 4.39 Å². The molecule has 5 nitrogen and oxygen atoms in total. The van der Waals surface area contributed by atoms with E-state index < -0.39 is 6.10 Å². The lowest BCUT2D eigenvalue weighted by atomic mass is 9.81. The molecule has 34 heavy (non-hydrogen) atoms. The second-order valence-electron chi connectivity index (χ2n) is 8.91. The number of halogens is 1. The fraction of sp³-hybridized carbons (Fsp3) is 0.393. The topological polar surface area (TPSA) is 65.8 Å². The summed E-state index contributed by atoms with van der Waals surface area (Å²) in [6.07, 6.45) is 3.56. The van der Waals surface area contributed by atoms with Crippen molar-refractivity contribution in [3.63, 3.8) is 0 Å². The maximum absolute atomic E-state index is 13.0. The predicted molar refractivity (Wildman–Crippen MR) is 131 cm³/mol. The molecule has 2 aromatic carbocycles. The standard InChI is InChI=1S/C28H31FN2O3/c1-34-24-9-10-27-26(17-24)25(12-14-30-27)28(33)11-6-21-13-16-31(18-22(21)19-32)15-2-3-20-4-7-23(29)8-5-20/h4-5,7-10,12,14,17,21-22,28,32-33H,6,11,13,15-16,18-19H2,1H3/t21-,22-,28-/m1/s1. The summed E-state index contributed by atoms with van der Waals surface area (Å²) in [7, 11) is 1.63. The molecule has 6 heteroatoms. The van der Waals surface area contributed by atoms with Gasteiger partial charge in [0.1, 0.15) is 11.6 Å². The Kier molecular flexibility index (Phi) is 8.12. The van der Waals surface area contributed by atoms with E-state index in [2.05, 4.69) is 21.7 Å². The summed E-state index contributed by atoms with van der Waals surface area (Å²) in [5.41, 5.74) is 2.49. The van der Waals surface area contributed by atoms with E-state index in [4.69, 9.17) is 4.74 Å². The first-order valence-corrected chi connectivity index (χ1v) is 11.8. The van der Waals surface area contributed by atoms with Gasteiger partial charge < -0.3 is 14.9 Å². The van der Waals surface area contributed by atoms with Crippen LogP contribution in [0.15, 0.2) is 54.7 Å². The Morgan fingerprint density at radius 3 is 2.76 bits per heavy atom. The van der Waals surface area contributed by atoms with Crippen LogP contribution in [0.3, 0.4) is 0 Å². The second-order valence-corrected chi connectivity index (χ2v) is 8.91. The van der Waals surface area contributed by atoms with E-state index in [1.54, 1.807) is 25.4 Å². The largest absolute Gasteiger partial charge is 0.497 e. The van der Waals surface area contributed by atoms with Crippen molar-refractivity contribution in [2.45, 2.75) is 25.4 Å². The summed E-state index contributed by atoms with van der Waals surface area (Å²) in [6.45, 7) is 2.43. The molecule has 1 aliphatic rings. The molecule has 0 bridgehead atoms. The summed E-state index contributed by atoms with van der Waals surface area (Å²) in [5.74, 6) is 7.22. The third-order valence-electron chi connectivity index (χ3n) is 6.74. The molecule has 1 aliphatic heterocycles. The summed E-state index contributed by atoms with van der Waals surface area (Å²) in [6, 6.07) is 13.8. The molecule has 1 aromatic heterocycles. The summed E-state index contributed by atoms with van der Waals surface area (Å²) < 4.78 is 18.4. The van der Waals surface area contributed by atoms with E-state index >= 15 is 0 Å². The number of piperidine rings is 1. The average Bonchev–Trinajstić information content (AvgIpc) is 2.88. The van der Waals surface area contributed by atoms with Gasteiger partial charge in [-0.25, -0.2) is 4.39 Å². The SMILES string of the molecule is COc1ccc2nccc([C@H](O)CC[C@@H]3CCN(CC#Cc4ccc(F)cc4)C[C@@H]3CO)c2c1. The van der Waals surface area contributed by atoms with E-state index in [9.17, 15) is 14.6 Å². The zero-order valence-corrected chi connectivity index (χ0v) is 19.5. The molecule has 1 saturated heterocycles. The van der Waals surface area contributed by atoms with Gasteiger partial charge in [-0.3, -0.25) is 9.88 Å². The van der Waals surface area contributed by atoms with Crippen molar-refractivity contribution in [1.29, 1.82) is 0 Å². The third kappa shape index (κ3) is 5.92. The first-order chi connectivity index (χ1) is 16.6. The van der Waals surface area contributed by atoms with Crippen LogP contribution >= 0.6 is 0 Å². The molecule has 0 saturated carbocycles. The van der Waals surface area contributed by atoms with Crippen LogP contribution in [0.1, 0.15) is 36.5 Å². The highest BCUT2D eigenvalue weighted by atomic mass is 19.1. The molecule has 0 radical (unpaired) electrons. The van der Waals surface area contributed by atoms with Gasteiger partial charge >= 0.3 is 0 Å². The van der Waals surface area contributed by atoms with Crippen molar-refractivity contribution >= 4 is 10.9 Å². The van der Waals surface area contributed by atoms with Gasteiger partial charge in [0.2, 0.25) is 0 Å². The van der Waals surface area contributed by atoms with Crippen LogP contribution in [0.25, 0.3) is 10.9 Å². The Bertz CT molecular complexity index is 1160. The fourth-order valence-electron chi connectivity index (χ4n) is 4.76. The molecule has 0 unspecified atom stereocenters. The maximum Gasteiger partial charge on any atom is 0.123 e. The van der Waals surface area contributed by atoms with Crippen LogP contribution in [-0.2, 0) is 0 Å². The quantitative estimate of drug-likeness (QED) is 0.516. The number of benzene rings is 2. The number of aliphatic hydroxyl groups excluding tert-OH is 2. The molecule has 2 N–H and O–H groups in total. The summed E-state index contributed by atoms with van der Waals surface area (Å²) in [4.78, 5) is 6.65. The van der Waals surface area contributed by atoms with Crippen LogP contribution in [0.5, 0.6) is 5.75 Å². The number of methoxy groups -OCH3 is 1. The third-order valence-corrected chi connectivity index (χ3v) is 6.74. The van der Waals surface area contributed by atoms with Gasteiger partial charge in [0.25, 0.3) is 0 Å². The zero-order valence-electron chi connectivity index (χ0n) is 19.5. The van der Waals surface area contributed by atoms with Gasteiger partial charge in [0.15, 0.2) is 0 Å². The molecule has 0 aliphatic carbocycles. The van der Waals surface area contributed by atoms with Gasteiger partial charge in [-0.1, -0.05) is 11.8 Å². The minimum atomic E-state index is -0.600. The Morgan fingerprint density at radius 1 is 1.18 bits per heavy atom. The molecular formula is C28H31FN2O3. The zero-order chi connectivity index (χ0) is 23.9. The van der Waals surface area contributed by atoms with E-state index in [0.717, 1.165) is 53.7 Å². The van der Waals surface area contributed by atoms with Crippen LogP contribution in [0.2, 0.25) is 0 Å². The average molecular weight is 463 g/mol. The monoisotopic (exact) mass is 462 g/mol. The van der Waals surface area contributed by atoms with E-state index in [1.807, 2.05) is 24.3 Å². The molecule has 0 spiro atoms. The highest BCUT2D eigenvalue weighted by Gasteiger charge is 2.29. The van der Waals surface area contributed by atoms with Gasteiger partial charge in [-0.15, -0.1) is 0 Å². The first-order valence-electron chi connectivity index (χ1n) is 11.8. The van der Waals surface area contributed by atoms with E-state index in [0.29, 0.717) is 18.9 Å². The van der Waals surface area contributed by atoms with Crippen molar-refractivity contribution < 1.29 is 19.3 Å². The highest BCUT2D eigenvalue weighted by molar-refractivity contribution is 5.83. The molecule has 0 amide bonds. The summed E-state index contributed by atoms with van der Waals surface area (Å²) >= 11 is 0. The number of fused-ring (bicyclic) bond motifs is 1. The lowest BCUT2D eigenvalue weighted by molar-refractivity contribution is 0.0640. The molecule has 3 aromatic rings. The maximum atomic E-state index is 13.0. The van der Waals surface area contributed by atoms with E-state index in [1.165, 1.54) is 12.1 Å². The Morgan fingerprint density at radius 2 is 2.00 bits per heavy atom. The van der Waals surface area contributed by atoms with Crippen molar-refractivity contribution in [3.8, 4) is 17.6 Å². The fourth-order valence-corrected chi connectivity index (χ4v) is 4.76. The molecule has 178 valence electrons. The lowest BCUT2D eigenvalue weighted by Gasteiger charge is -2.37. The molecule has 1 fully saturated rings. The van der Waals surface area contributed by atoms with Crippen molar-refractivity contribution in [2.24, 2.45) is 11.8 Å². The first kappa shape index (κ1) is 24.2. The number of likely N-dealkylation sites (tertiary alicyclic amines) is 1. The highest BCUT2D eigenvalue weighted by Crippen LogP contribution is 2.33. The van der Waals surface area contributed by atoms with Gasteiger partial charge in [0.05, 0.1) is 25.3 Å². The van der Waals surface area contributed by atoms with Crippen LogP contribution in [0, 0.1) is 29.5 Å². The Labute approximate surface area is 200 Å². The number of ether oxygens (including phenoxy) is 1. The number of aliphatic hydroxyl groups is 2. The van der Waals surface area contributed by atoms with E-state index in [-0.39, 0.29) is 18.3 Å². The number of hydrogen-bond acceptors (Lipinski definition) is 5. The summed E-state index contributed by atoms with van der Waals surface area (Å²) in [5, 5.41) is 21.9. The predicted octanol–water partition coefficient (Wildman–Crippen LogP) is 4.18. The van der Waals surface area contributed by atoms with Crippen LogP contribution in [-0.4, -0.2) is 53.4 Å². The van der Waals surface area contributed by atoms with Crippen molar-refractivity contribution in [1.82, 2.24) is 9.88 Å². The van der Waals surface area contributed by atoms with Gasteiger partial charge in [-0.2, -0.15) is 0 Å². The molecule has 4 rings (SSSR count). The van der Waals surface area contributed by atoms with Gasteiger partial charge in [0, 0.05) is 30.3 Å². The van der Waals surface area contributed by atoms with Crippen molar-refractivity contribution in [3.05, 3.63) is 71.7 Å². The molecular weight excluding hydrogens is 431 g/mol. The molecule has 3 atom stereocenters. The second kappa shape index (κ2) is 11.4. The van der Waals surface area contributed by atoms with Crippen LogP contribution < -0.4 is 4.74 Å². The van der Waals surface area contributed by atoms with Crippen molar-refractivity contribution in [2.75, 3.05) is 33.4 Å². The number of rotatable bonds is 7. The molecule has 2 heterocycles. The number of pyridine rings is 1. The number of aromatic nitrogens is 1. The Hall–Kier alpha value is -2.98. The van der Waals surface area contributed by atoms with Gasteiger partial charge in [-0.05, 0) is 91.7 Å². The minimum Gasteiger partial charge on any atom is -0.497 e. The number of hydrogen-bond donors (Lipinski definition) is 2. The normalized spacial score (nSPS) is 19.4.